The van der Waals surface area contributed by atoms with Gasteiger partial charge in [-0.05, 0) is 23.8 Å². The van der Waals surface area contributed by atoms with E-state index in [4.69, 9.17) is 4.74 Å². The molecule has 2 unspecified atom stereocenters. The molecule has 12 nitrogen and oxygen atoms in total. The Hall–Kier alpha value is -4.48. The molecule has 0 saturated carbocycles. The van der Waals surface area contributed by atoms with Crippen molar-refractivity contribution < 1.29 is 33.9 Å². The standard InChI is InChI=1S/C23H24N4O8/c1-14(28)25-9-10-26(23(32)16-6-4-8-18(12-16)35-2)22(25)21(31)24-19(13-20(29)30)15-5-3-7-17(11-15)27(33)34/h3-8,11-12,19,22H,9-10,13H2,1-2H3,(H,24,31)(H,29,30). The lowest BCUT2D eigenvalue weighted by Gasteiger charge is -2.30. The molecule has 2 N–H and O–H groups in total. The number of nitrogens with zero attached hydrogens (tertiary/aromatic N) is 3. The van der Waals surface area contributed by atoms with E-state index in [0.717, 1.165) is 0 Å². The third kappa shape index (κ3) is 5.72. The van der Waals surface area contributed by atoms with Crippen molar-refractivity contribution in [1.82, 2.24) is 15.1 Å². The summed E-state index contributed by atoms with van der Waals surface area (Å²) in [6.45, 7) is 1.44. The number of carboxylic acids is 1. The van der Waals surface area contributed by atoms with Crippen LogP contribution in [0.3, 0.4) is 0 Å². The van der Waals surface area contributed by atoms with Gasteiger partial charge in [0.05, 0.1) is 24.5 Å². The summed E-state index contributed by atoms with van der Waals surface area (Å²) in [7, 11) is 1.45. The Morgan fingerprint density at radius 1 is 1.14 bits per heavy atom. The minimum Gasteiger partial charge on any atom is -0.497 e. The first kappa shape index (κ1) is 25.1. The fraction of sp³-hybridized carbons (Fsp3) is 0.304. The maximum atomic E-state index is 13.4. The van der Waals surface area contributed by atoms with Crippen LogP contribution in [-0.2, 0) is 14.4 Å². The molecule has 0 bridgehead atoms. The van der Waals surface area contributed by atoms with E-state index in [1.54, 1.807) is 18.2 Å². The van der Waals surface area contributed by atoms with E-state index in [-0.39, 0.29) is 29.9 Å². The zero-order valence-electron chi connectivity index (χ0n) is 19.0. The Morgan fingerprint density at radius 3 is 2.46 bits per heavy atom. The summed E-state index contributed by atoms with van der Waals surface area (Å²) in [5.74, 6) is -2.56. The van der Waals surface area contributed by atoms with Crippen molar-refractivity contribution in [2.75, 3.05) is 20.2 Å². The number of rotatable bonds is 8. The molecule has 12 heteroatoms. The van der Waals surface area contributed by atoms with E-state index in [0.29, 0.717) is 5.75 Å². The first-order chi connectivity index (χ1) is 16.6. The molecule has 2 aromatic carbocycles. The minimum absolute atomic E-state index is 0.0775. The third-order valence-electron chi connectivity index (χ3n) is 5.57. The van der Waals surface area contributed by atoms with Crippen molar-refractivity contribution in [3.05, 3.63) is 69.8 Å². The van der Waals surface area contributed by atoms with Gasteiger partial charge in [0.15, 0.2) is 6.17 Å². The smallest absolute Gasteiger partial charge is 0.305 e. The molecule has 184 valence electrons. The number of hydrogen-bond donors (Lipinski definition) is 2. The highest BCUT2D eigenvalue weighted by Crippen LogP contribution is 2.25. The van der Waals surface area contributed by atoms with Gasteiger partial charge in [-0.3, -0.25) is 29.3 Å². The third-order valence-corrected chi connectivity index (χ3v) is 5.57. The highest BCUT2D eigenvalue weighted by Gasteiger charge is 2.42. The monoisotopic (exact) mass is 484 g/mol. The molecule has 1 saturated heterocycles. The number of carbonyl (C=O) groups excluding carboxylic acids is 3. The normalized spacial score (nSPS) is 15.9. The van der Waals surface area contributed by atoms with Gasteiger partial charge in [0.1, 0.15) is 5.75 Å². The Labute approximate surface area is 200 Å². The first-order valence-electron chi connectivity index (χ1n) is 10.6. The van der Waals surface area contributed by atoms with Crippen LogP contribution in [0.4, 0.5) is 5.69 Å². The highest BCUT2D eigenvalue weighted by atomic mass is 16.6. The first-order valence-corrected chi connectivity index (χ1v) is 10.6. The maximum absolute atomic E-state index is 13.4. The number of carbonyl (C=O) groups is 4. The van der Waals surface area contributed by atoms with Gasteiger partial charge in [0.2, 0.25) is 5.91 Å². The molecule has 1 fully saturated rings. The average molecular weight is 484 g/mol. The molecule has 2 atom stereocenters. The predicted octanol–water partition coefficient (Wildman–Crippen LogP) is 1.57. The Morgan fingerprint density at radius 2 is 1.83 bits per heavy atom. The van der Waals surface area contributed by atoms with E-state index in [1.807, 2.05) is 0 Å². The summed E-state index contributed by atoms with van der Waals surface area (Å²) >= 11 is 0. The Kier molecular flexibility index (Phi) is 7.64. The number of amides is 3. The van der Waals surface area contributed by atoms with Crippen LogP contribution in [0.25, 0.3) is 0 Å². The molecule has 35 heavy (non-hydrogen) atoms. The number of nitro groups is 1. The number of aliphatic carboxylic acids is 1. The molecule has 1 aliphatic rings. The van der Waals surface area contributed by atoms with Crippen molar-refractivity contribution in [3.8, 4) is 5.75 Å². The molecule has 0 radical (unpaired) electrons. The van der Waals surface area contributed by atoms with Crippen LogP contribution in [0.2, 0.25) is 0 Å². The molecule has 3 amide bonds. The number of methoxy groups -OCH3 is 1. The summed E-state index contributed by atoms with van der Waals surface area (Å²) in [4.78, 5) is 63.2. The molecule has 1 aliphatic heterocycles. The number of hydrogen-bond acceptors (Lipinski definition) is 7. The van der Waals surface area contributed by atoms with Gasteiger partial charge in [-0.2, -0.15) is 0 Å². The minimum atomic E-state index is -1.33. The summed E-state index contributed by atoms with van der Waals surface area (Å²) in [6.07, 6.45) is -1.90. The zero-order chi connectivity index (χ0) is 25.7. The van der Waals surface area contributed by atoms with Crippen molar-refractivity contribution in [1.29, 1.82) is 0 Å². The second-order valence-corrected chi connectivity index (χ2v) is 7.83. The lowest BCUT2D eigenvalue weighted by atomic mass is 10.0. The molecule has 0 aromatic heterocycles. The van der Waals surface area contributed by atoms with Crippen LogP contribution >= 0.6 is 0 Å². The number of benzene rings is 2. The van der Waals surface area contributed by atoms with Gasteiger partial charge in [0, 0.05) is 37.7 Å². The zero-order valence-corrected chi connectivity index (χ0v) is 19.0. The van der Waals surface area contributed by atoms with Crippen molar-refractivity contribution in [3.63, 3.8) is 0 Å². The van der Waals surface area contributed by atoms with Gasteiger partial charge in [-0.25, -0.2) is 0 Å². The number of nitrogens with one attached hydrogen (secondary N) is 1. The van der Waals surface area contributed by atoms with Crippen LogP contribution in [0.15, 0.2) is 48.5 Å². The lowest BCUT2D eigenvalue weighted by Crippen LogP contribution is -2.54. The number of nitro benzene ring substituents is 1. The van der Waals surface area contributed by atoms with E-state index in [2.05, 4.69) is 5.32 Å². The SMILES string of the molecule is COc1cccc(C(=O)N2CCN(C(C)=O)C2C(=O)NC(CC(=O)O)c2cccc([N+](=O)[O-])c2)c1. The second-order valence-electron chi connectivity index (χ2n) is 7.83. The Bertz CT molecular complexity index is 1170. The van der Waals surface area contributed by atoms with Gasteiger partial charge in [-0.15, -0.1) is 0 Å². The quantitative estimate of drug-likeness (QED) is 0.422. The molecular weight excluding hydrogens is 460 g/mol. The molecule has 1 heterocycles. The molecule has 0 aliphatic carbocycles. The van der Waals surface area contributed by atoms with Gasteiger partial charge >= 0.3 is 5.97 Å². The van der Waals surface area contributed by atoms with Crippen molar-refractivity contribution in [2.45, 2.75) is 25.6 Å². The van der Waals surface area contributed by atoms with Gasteiger partial charge in [0.25, 0.3) is 17.5 Å². The van der Waals surface area contributed by atoms with E-state index < -0.39 is 47.2 Å². The van der Waals surface area contributed by atoms with E-state index in [1.165, 1.54) is 54.2 Å². The summed E-state index contributed by atoms with van der Waals surface area (Å²) in [6, 6.07) is 10.4. The fourth-order valence-corrected chi connectivity index (χ4v) is 3.90. The van der Waals surface area contributed by atoms with E-state index in [9.17, 15) is 34.4 Å². The lowest BCUT2D eigenvalue weighted by molar-refractivity contribution is -0.384. The topological polar surface area (TPSA) is 159 Å². The summed E-state index contributed by atoms with van der Waals surface area (Å²) in [5, 5.41) is 23.1. The van der Waals surface area contributed by atoms with Gasteiger partial charge < -0.3 is 25.0 Å². The molecule has 0 spiro atoms. The van der Waals surface area contributed by atoms with Crippen molar-refractivity contribution in [2.24, 2.45) is 0 Å². The fourth-order valence-electron chi connectivity index (χ4n) is 3.90. The summed E-state index contributed by atoms with van der Waals surface area (Å²) < 4.78 is 5.15. The predicted molar refractivity (Wildman–Crippen MR) is 121 cm³/mol. The number of ether oxygens (including phenoxy) is 1. The molecule has 3 rings (SSSR count). The van der Waals surface area contributed by atoms with Crippen LogP contribution < -0.4 is 10.1 Å². The average Bonchev–Trinajstić information content (AvgIpc) is 3.28. The van der Waals surface area contributed by atoms with Crippen LogP contribution in [0.1, 0.15) is 35.3 Å². The van der Waals surface area contributed by atoms with Crippen LogP contribution in [0.5, 0.6) is 5.75 Å². The molecule has 2 aromatic rings. The Balaban J connectivity index is 1.92. The van der Waals surface area contributed by atoms with E-state index >= 15 is 0 Å². The highest BCUT2D eigenvalue weighted by molar-refractivity contribution is 5.99. The maximum Gasteiger partial charge on any atom is 0.305 e. The second kappa shape index (κ2) is 10.6. The van der Waals surface area contributed by atoms with Crippen LogP contribution in [-0.4, -0.2) is 69.9 Å². The molecular formula is C23H24N4O8. The van der Waals surface area contributed by atoms with Crippen molar-refractivity contribution >= 4 is 29.4 Å². The number of non-ortho nitro benzene ring substituents is 1. The van der Waals surface area contributed by atoms with Gasteiger partial charge in [-0.1, -0.05) is 18.2 Å². The summed E-state index contributed by atoms with van der Waals surface area (Å²) in [5.41, 5.74) is 0.175. The number of carboxylic acid groups (broad SMARTS) is 1. The largest absolute Gasteiger partial charge is 0.497 e. The van der Waals surface area contributed by atoms with Crippen LogP contribution in [0, 0.1) is 10.1 Å².